The van der Waals surface area contributed by atoms with Crippen molar-refractivity contribution in [3.05, 3.63) is 36.2 Å². The van der Waals surface area contributed by atoms with Crippen molar-refractivity contribution in [3.8, 4) is 0 Å². The number of aliphatic hydroxyl groups is 1. The van der Waals surface area contributed by atoms with Gasteiger partial charge in [0.2, 0.25) is 0 Å². The van der Waals surface area contributed by atoms with Crippen LogP contribution in [0.5, 0.6) is 0 Å². The standard InChI is InChI=1S/C14H20NO.C8H13F3O.K/c1-6-11(3)15-13-8-7-12(9-10(13)2)14(4,5)16;1-4-6(12)5-7(2,3)8(9,10)11;/h7-9,16H,1,6H2,2-5H3;4-5H2,1-3H3;/q-1;;+1. The van der Waals surface area contributed by atoms with Gasteiger partial charge in [0.1, 0.15) is 5.78 Å². The molecule has 0 amide bonds. The maximum absolute atomic E-state index is 12.2. The van der Waals surface area contributed by atoms with Crippen LogP contribution in [0.4, 0.5) is 18.9 Å². The second-order valence-corrected chi connectivity index (χ2v) is 8.11. The maximum atomic E-state index is 12.2. The fourth-order valence-corrected chi connectivity index (χ4v) is 2.14. The topological polar surface area (TPSA) is 49.7 Å². The zero-order valence-corrected chi connectivity index (χ0v) is 22.1. The Morgan fingerprint density at radius 1 is 1.17 bits per heavy atom. The molecule has 0 spiro atoms. The Morgan fingerprint density at radius 3 is 2.03 bits per heavy atom. The summed E-state index contributed by atoms with van der Waals surface area (Å²) < 4.78 is 36.5. The van der Waals surface area contributed by atoms with E-state index in [4.69, 9.17) is 0 Å². The Hall–Kier alpha value is -0.0536. The van der Waals surface area contributed by atoms with Gasteiger partial charge in [0.25, 0.3) is 0 Å². The van der Waals surface area contributed by atoms with E-state index in [0.29, 0.717) is 6.42 Å². The second-order valence-electron chi connectivity index (χ2n) is 8.11. The molecule has 0 aliphatic rings. The van der Waals surface area contributed by atoms with E-state index in [-0.39, 0.29) is 63.6 Å². The van der Waals surface area contributed by atoms with Crippen LogP contribution in [0.15, 0.2) is 23.2 Å². The third-order valence-electron chi connectivity index (χ3n) is 4.38. The molecule has 0 fully saturated rings. The van der Waals surface area contributed by atoms with Crippen molar-refractivity contribution in [2.24, 2.45) is 10.4 Å². The molecule has 0 saturated carbocycles. The van der Waals surface area contributed by atoms with Gasteiger partial charge in [-0.05, 0) is 50.6 Å². The van der Waals surface area contributed by atoms with E-state index >= 15 is 0 Å². The smallest absolute Gasteiger partial charge is 0.386 e. The number of aryl methyl sites for hydroxylation is 1. The fraction of sp³-hybridized carbons (Fsp3) is 0.591. The van der Waals surface area contributed by atoms with Crippen LogP contribution in [0.1, 0.15) is 71.9 Å². The summed E-state index contributed by atoms with van der Waals surface area (Å²) in [5.74, 6) is -0.350. The number of carbonyl (C=O) groups is 1. The molecule has 1 aromatic rings. The van der Waals surface area contributed by atoms with E-state index in [2.05, 4.69) is 11.9 Å². The predicted octanol–water partition coefficient (Wildman–Crippen LogP) is 3.49. The molecular weight excluding hydrogens is 406 g/mol. The van der Waals surface area contributed by atoms with Crippen LogP contribution >= 0.6 is 0 Å². The van der Waals surface area contributed by atoms with Crippen LogP contribution in [-0.4, -0.2) is 22.8 Å². The van der Waals surface area contributed by atoms with Gasteiger partial charge in [0, 0.05) is 12.8 Å². The number of Topliss-reactive ketones (excluding diaryl/α,β-unsaturated/α-hetero) is 1. The van der Waals surface area contributed by atoms with Crippen molar-refractivity contribution in [1.82, 2.24) is 0 Å². The summed E-state index contributed by atoms with van der Waals surface area (Å²) in [4.78, 5) is 15.2. The van der Waals surface area contributed by atoms with Crippen molar-refractivity contribution < 1.29 is 74.5 Å². The molecule has 0 heterocycles. The summed E-state index contributed by atoms with van der Waals surface area (Å²) in [7, 11) is 0. The van der Waals surface area contributed by atoms with E-state index < -0.39 is 23.6 Å². The first-order valence-corrected chi connectivity index (χ1v) is 9.30. The monoisotopic (exact) mass is 439 g/mol. The minimum absolute atomic E-state index is 0. The molecule has 0 aromatic heterocycles. The van der Waals surface area contributed by atoms with Gasteiger partial charge in [-0.2, -0.15) is 13.2 Å². The van der Waals surface area contributed by atoms with Crippen molar-refractivity contribution >= 4 is 17.2 Å². The summed E-state index contributed by atoms with van der Waals surface area (Å²) in [5.41, 5.74) is 1.27. The Kier molecular flexibility index (Phi) is 13.7. The number of alkyl halides is 3. The SMILES string of the molecule is CCC(=O)CC(C)(C)C(F)(F)F.[CH2-]CC(C)=Nc1ccc(C(C)(C)O)cc1C.[K+]. The summed E-state index contributed by atoms with van der Waals surface area (Å²) in [6.07, 6.45) is -3.84. The molecule has 0 aliphatic carbocycles. The summed E-state index contributed by atoms with van der Waals surface area (Å²) in [6, 6.07) is 5.85. The summed E-state index contributed by atoms with van der Waals surface area (Å²) in [6.45, 7) is 15.0. The van der Waals surface area contributed by atoms with E-state index in [1.54, 1.807) is 20.8 Å². The molecule has 1 N–H and O–H groups in total. The molecule has 29 heavy (non-hydrogen) atoms. The number of benzene rings is 1. The molecule has 3 nitrogen and oxygen atoms in total. The van der Waals surface area contributed by atoms with E-state index in [1.165, 1.54) is 0 Å². The van der Waals surface area contributed by atoms with Crippen molar-refractivity contribution in [1.29, 1.82) is 0 Å². The van der Waals surface area contributed by atoms with Crippen LogP contribution in [0.25, 0.3) is 0 Å². The van der Waals surface area contributed by atoms with E-state index in [0.717, 1.165) is 36.4 Å². The molecule has 0 bridgehead atoms. The first-order valence-electron chi connectivity index (χ1n) is 9.30. The van der Waals surface area contributed by atoms with Crippen LogP contribution in [-0.2, 0) is 10.4 Å². The Labute approximate surface area is 216 Å². The molecule has 0 saturated heterocycles. The molecule has 0 atom stereocenters. The quantitative estimate of drug-likeness (QED) is 0.419. The van der Waals surface area contributed by atoms with E-state index in [9.17, 15) is 23.1 Å². The number of rotatable bonds is 6. The Balaban J connectivity index is 0. The summed E-state index contributed by atoms with van der Waals surface area (Å²) >= 11 is 0. The first kappa shape index (κ1) is 31.1. The van der Waals surface area contributed by atoms with Gasteiger partial charge >= 0.3 is 57.6 Å². The number of hydrogen-bond acceptors (Lipinski definition) is 3. The van der Waals surface area contributed by atoms with Crippen LogP contribution in [0, 0.1) is 19.3 Å². The van der Waals surface area contributed by atoms with Gasteiger partial charge in [-0.25, -0.2) is 0 Å². The third-order valence-corrected chi connectivity index (χ3v) is 4.38. The van der Waals surface area contributed by atoms with Crippen molar-refractivity contribution in [2.45, 2.75) is 79.5 Å². The average Bonchev–Trinajstić information content (AvgIpc) is 2.54. The zero-order valence-electron chi connectivity index (χ0n) is 19.0. The number of ketones is 1. The second kappa shape index (κ2) is 12.7. The van der Waals surface area contributed by atoms with Crippen molar-refractivity contribution in [2.75, 3.05) is 0 Å². The third kappa shape index (κ3) is 11.2. The van der Waals surface area contributed by atoms with Crippen LogP contribution in [0.3, 0.4) is 0 Å². The molecule has 0 unspecified atom stereocenters. The predicted molar refractivity (Wildman–Crippen MR) is 109 cm³/mol. The number of halogens is 3. The van der Waals surface area contributed by atoms with Crippen LogP contribution in [0.2, 0.25) is 0 Å². The normalized spacial score (nSPS) is 12.6. The van der Waals surface area contributed by atoms with E-state index in [1.807, 2.05) is 32.0 Å². The number of nitrogens with zero attached hydrogens (tertiary/aromatic N) is 1. The molecule has 1 rings (SSSR count). The Bertz CT molecular complexity index is 690. The van der Waals surface area contributed by atoms with Gasteiger partial charge in [0.15, 0.2) is 0 Å². The molecule has 0 aliphatic heterocycles. The summed E-state index contributed by atoms with van der Waals surface area (Å²) in [5, 5.41) is 9.89. The molecule has 160 valence electrons. The van der Waals surface area contributed by atoms with Crippen molar-refractivity contribution in [3.63, 3.8) is 0 Å². The van der Waals surface area contributed by atoms with Gasteiger partial charge in [-0.1, -0.05) is 32.9 Å². The first-order chi connectivity index (χ1) is 12.5. The van der Waals surface area contributed by atoms with Gasteiger partial charge in [-0.3, -0.25) is 9.79 Å². The Morgan fingerprint density at radius 2 is 1.69 bits per heavy atom. The number of hydrogen-bond donors (Lipinski definition) is 1. The molecule has 1 aromatic carbocycles. The number of carbonyl (C=O) groups excluding carboxylic acids is 1. The van der Waals surface area contributed by atoms with Gasteiger partial charge < -0.3 is 12.0 Å². The number of aliphatic imine (C=N–C) groups is 1. The maximum Gasteiger partial charge on any atom is 1.00 e. The van der Waals surface area contributed by atoms with Gasteiger partial charge in [0.05, 0.1) is 16.7 Å². The fourth-order valence-electron chi connectivity index (χ4n) is 2.14. The van der Waals surface area contributed by atoms with Crippen LogP contribution < -0.4 is 51.4 Å². The minimum atomic E-state index is -4.29. The molecule has 0 radical (unpaired) electrons. The minimum Gasteiger partial charge on any atom is -0.386 e. The van der Waals surface area contributed by atoms with Gasteiger partial charge in [-0.15, -0.1) is 6.42 Å². The molecular formula is C22H33F3KNO2. The average molecular weight is 440 g/mol. The largest absolute Gasteiger partial charge is 1.00 e. The molecule has 7 heteroatoms. The zero-order chi connectivity index (χ0) is 22.3.